The van der Waals surface area contributed by atoms with Gasteiger partial charge in [-0.05, 0) is 42.8 Å². The van der Waals surface area contributed by atoms with Crippen LogP contribution >= 0.6 is 0 Å². The zero-order chi connectivity index (χ0) is 21.3. The smallest absolute Gasteiger partial charge is 0.315 e. The second kappa shape index (κ2) is 10.5. The summed E-state index contributed by atoms with van der Waals surface area (Å²) in [6.07, 6.45) is 8.12. The molecule has 0 atom stereocenters. The standard InChI is InChI=1S/C22H28N8O/c31-22(26-18-19-5-1-6-20(17-19)30-12-4-10-27-30)25-9-3-11-28-13-15-29(16-14-28)21-23-7-2-8-24-21/h1-2,4-8,10,12,17H,3,9,11,13-16,18H2,(H2,25,26,31). The van der Waals surface area contributed by atoms with Crippen molar-refractivity contribution in [2.75, 3.05) is 44.2 Å². The van der Waals surface area contributed by atoms with Crippen molar-refractivity contribution in [2.45, 2.75) is 13.0 Å². The van der Waals surface area contributed by atoms with Gasteiger partial charge in [-0.3, -0.25) is 4.90 Å². The number of urea groups is 1. The lowest BCUT2D eigenvalue weighted by Crippen LogP contribution is -2.47. The van der Waals surface area contributed by atoms with E-state index in [1.165, 1.54) is 0 Å². The molecule has 4 rings (SSSR count). The fraction of sp³-hybridized carbons (Fsp3) is 0.364. The zero-order valence-corrected chi connectivity index (χ0v) is 17.5. The third kappa shape index (κ3) is 6.02. The summed E-state index contributed by atoms with van der Waals surface area (Å²) in [5.74, 6) is 0.802. The van der Waals surface area contributed by atoms with E-state index in [1.54, 1.807) is 23.3 Å². The van der Waals surface area contributed by atoms with E-state index in [0.29, 0.717) is 13.1 Å². The zero-order valence-electron chi connectivity index (χ0n) is 17.5. The van der Waals surface area contributed by atoms with Gasteiger partial charge in [-0.15, -0.1) is 0 Å². The Kier molecular flexibility index (Phi) is 7.07. The highest BCUT2D eigenvalue weighted by molar-refractivity contribution is 5.73. The molecule has 3 aromatic rings. The van der Waals surface area contributed by atoms with Gasteiger partial charge in [0.25, 0.3) is 0 Å². The number of carbonyl (C=O) groups excluding carboxylic acids is 1. The van der Waals surface area contributed by atoms with Gasteiger partial charge in [-0.1, -0.05) is 12.1 Å². The number of rotatable bonds is 8. The normalized spacial score (nSPS) is 14.4. The molecule has 1 fully saturated rings. The lowest BCUT2D eigenvalue weighted by atomic mass is 10.2. The minimum Gasteiger partial charge on any atom is -0.338 e. The summed E-state index contributed by atoms with van der Waals surface area (Å²) in [7, 11) is 0. The van der Waals surface area contributed by atoms with Gasteiger partial charge in [-0.25, -0.2) is 19.4 Å². The number of amides is 2. The van der Waals surface area contributed by atoms with E-state index in [1.807, 2.05) is 42.6 Å². The first-order chi connectivity index (χ1) is 15.3. The highest BCUT2D eigenvalue weighted by Gasteiger charge is 2.18. The maximum absolute atomic E-state index is 12.1. The molecule has 1 aliphatic rings. The van der Waals surface area contributed by atoms with Gasteiger partial charge in [-0.2, -0.15) is 5.10 Å². The average molecular weight is 421 g/mol. The van der Waals surface area contributed by atoms with Crippen LogP contribution in [0.3, 0.4) is 0 Å². The molecule has 2 N–H and O–H groups in total. The summed E-state index contributed by atoms with van der Waals surface area (Å²) in [5.41, 5.74) is 2.01. The molecule has 0 saturated carbocycles. The number of hydrogen-bond acceptors (Lipinski definition) is 6. The van der Waals surface area contributed by atoms with E-state index in [0.717, 1.165) is 56.3 Å². The SMILES string of the molecule is O=C(NCCCN1CCN(c2ncccn2)CC1)NCc1cccc(-n2cccn2)c1. The number of aromatic nitrogens is 4. The summed E-state index contributed by atoms with van der Waals surface area (Å²) in [6.45, 7) is 5.92. The van der Waals surface area contributed by atoms with E-state index in [-0.39, 0.29) is 6.03 Å². The van der Waals surface area contributed by atoms with Crippen LogP contribution in [0, 0.1) is 0 Å². The summed E-state index contributed by atoms with van der Waals surface area (Å²) in [6, 6.07) is 11.5. The van der Waals surface area contributed by atoms with Crippen LogP contribution in [0.25, 0.3) is 5.69 Å². The first-order valence-electron chi connectivity index (χ1n) is 10.6. The number of benzene rings is 1. The molecule has 2 aromatic heterocycles. The molecule has 0 unspecified atom stereocenters. The quantitative estimate of drug-likeness (QED) is 0.539. The molecule has 2 amide bonds. The summed E-state index contributed by atoms with van der Waals surface area (Å²) in [5, 5.41) is 10.1. The van der Waals surface area contributed by atoms with Gasteiger partial charge in [0.1, 0.15) is 0 Å². The van der Waals surface area contributed by atoms with E-state index in [2.05, 4.69) is 35.5 Å². The van der Waals surface area contributed by atoms with Crippen LogP contribution < -0.4 is 15.5 Å². The molecule has 0 spiro atoms. The van der Waals surface area contributed by atoms with Gasteiger partial charge in [0.15, 0.2) is 0 Å². The van der Waals surface area contributed by atoms with Gasteiger partial charge in [0.05, 0.1) is 5.69 Å². The fourth-order valence-corrected chi connectivity index (χ4v) is 3.61. The topological polar surface area (TPSA) is 91.2 Å². The number of nitrogens with one attached hydrogen (secondary N) is 2. The van der Waals surface area contributed by atoms with Gasteiger partial charge < -0.3 is 15.5 Å². The Hall–Kier alpha value is -3.46. The van der Waals surface area contributed by atoms with Gasteiger partial charge >= 0.3 is 6.03 Å². The number of nitrogens with zero attached hydrogens (tertiary/aromatic N) is 6. The van der Waals surface area contributed by atoms with Crippen molar-refractivity contribution in [1.29, 1.82) is 0 Å². The summed E-state index contributed by atoms with van der Waals surface area (Å²) < 4.78 is 1.80. The van der Waals surface area contributed by atoms with Crippen molar-refractivity contribution >= 4 is 12.0 Å². The van der Waals surface area contributed by atoms with Crippen molar-refractivity contribution in [1.82, 2.24) is 35.3 Å². The Bertz CT molecular complexity index is 939. The predicted octanol–water partition coefficient (Wildman–Crippen LogP) is 1.67. The minimum absolute atomic E-state index is 0.143. The molecule has 162 valence electrons. The van der Waals surface area contributed by atoms with Crippen molar-refractivity contribution in [3.8, 4) is 5.69 Å². The molecule has 9 heteroatoms. The number of anilines is 1. The third-order valence-electron chi connectivity index (χ3n) is 5.28. The Morgan fingerprint density at radius 3 is 2.58 bits per heavy atom. The molecular weight excluding hydrogens is 392 g/mol. The lowest BCUT2D eigenvalue weighted by Gasteiger charge is -2.34. The van der Waals surface area contributed by atoms with E-state index in [4.69, 9.17) is 0 Å². The molecule has 1 saturated heterocycles. The molecule has 3 heterocycles. The Morgan fingerprint density at radius 2 is 1.81 bits per heavy atom. The molecule has 1 aromatic carbocycles. The lowest BCUT2D eigenvalue weighted by molar-refractivity contribution is 0.235. The van der Waals surface area contributed by atoms with Crippen LogP contribution in [-0.2, 0) is 6.54 Å². The number of carbonyl (C=O) groups is 1. The van der Waals surface area contributed by atoms with E-state index in [9.17, 15) is 4.79 Å². The fourth-order valence-electron chi connectivity index (χ4n) is 3.61. The predicted molar refractivity (Wildman–Crippen MR) is 119 cm³/mol. The van der Waals surface area contributed by atoms with Crippen LogP contribution in [0.5, 0.6) is 0 Å². The summed E-state index contributed by atoms with van der Waals surface area (Å²) in [4.78, 5) is 25.4. The van der Waals surface area contributed by atoms with Crippen molar-refractivity contribution < 1.29 is 4.79 Å². The first-order valence-corrected chi connectivity index (χ1v) is 10.6. The highest BCUT2D eigenvalue weighted by atomic mass is 16.2. The highest BCUT2D eigenvalue weighted by Crippen LogP contribution is 2.10. The van der Waals surface area contributed by atoms with Crippen molar-refractivity contribution in [3.63, 3.8) is 0 Å². The molecule has 0 aliphatic carbocycles. The van der Waals surface area contributed by atoms with Crippen LogP contribution in [0.2, 0.25) is 0 Å². The maximum Gasteiger partial charge on any atom is 0.315 e. The largest absolute Gasteiger partial charge is 0.338 e. The first kappa shape index (κ1) is 20.8. The number of hydrogen-bond donors (Lipinski definition) is 2. The molecule has 9 nitrogen and oxygen atoms in total. The molecule has 0 radical (unpaired) electrons. The van der Waals surface area contributed by atoms with Gasteiger partial charge in [0, 0.05) is 64.1 Å². The maximum atomic E-state index is 12.1. The third-order valence-corrected chi connectivity index (χ3v) is 5.28. The Balaban J connectivity index is 1.11. The van der Waals surface area contributed by atoms with E-state index >= 15 is 0 Å². The molecule has 1 aliphatic heterocycles. The molecule has 31 heavy (non-hydrogen) atoms. The van der Waals surface area contributed by atoms with Crippen LogP contribution in [0.4, 0.5) is 10.7 Å². The Labute approximate surface area is 182 Å². The number of piperazine rings is 1. The van der Waals surface area contributed by atoms with Crippen LogP contribution in [0.1, 0.15) is 12.0 Å². The van der Waals surface area contributed by atoms with Crippen molar-refractivity contribution in [2.24, 2.45) is 0 Å². The summed E-state index contributed by atoms with van der Waals surface area (Å²) >= 11 is 0. The molecular formula is C22H28N8O. The van der Waals surface area contributed by atoms with Crippen LogP contribution in [0.15, 0.2) is 61.2 Å². The second-order valence-corrected chi connectivity index (χ2v) is 7.46. The average Bonchev–Trinajstić information content (AvgIpc) is 3.37. The minimum atomic E-state index is -0.143. The van der Waals surface area contributed by atoms with Crippen molar-refractivity contribution in [3.05, 3.63) is 66.7 Å². The second-order valence-electron chi connectivity index (χ2n) is 7.46. The van der Waals surface area contributed by atoms with Crippen LogP contribution in [-0.4, -0.2) is 69.9 Å². The monoisotopic (exact) mass is 420 g/mol. The van der Waals surface area contributed by atoms with E-state index < -0.39 is 0 Å². The Morgan fingerprint density at radius 1 is 0.968 bits per heavy atom. The van der Waals surface area contributed by atoms with Gasteiger partial charge in [0.2, 0.25) is 5.95 Å². The molecule has 0 bridgehead atoms.